The lowest BCUT2D eigenvalue weighted by Crippen LogP contribution is -2.36. The second-order valence-electron chi connectivity index (χ2n) is 2.65. The molecule has 0 fully saturated rings. The fraction of sp³-hybridized carbons (Fsp3) is 0.600. The first-order valence-electron chi connectivity index (χ1n) is 3.49. The van der Waals surface area contributed by atoms with Gasteiger partial charge in [0.05, 0.1) is 0 Å². The van der Waals surface area contributed by atoms with Gasteiger partial charge in [-0.3, -0.25) is 0 Å². The van der Waals surface area contributed by atoms with Gasteiger partial charge in [0.25, 0.3) is 0 Å². The summed E-state index contributed by atoms with van der Waals surface area (Å²) in [5.74, 6) is -3.42. The molecule has 0 amide bonds. The molecular formula is C5H8Cl2N3O2P. The lowest BCUT2D eigenvalue weighted by Gasteiger charge is -2.13. The molecule has 0 aliphatic rings. The van der Waals surface area contributed by atoms with Crippen molar-refractivity contribution in [1.29, 1.82) is 0 Å². The van der Waals surface area contributed by atoms with Gasteiger partial charge in [-0.2, -0.15) is 0 Å². The fourth-order valence-corrected chi connectivity index (χ4v) is 1.42. The predicted molar refractivity (Wildman–Crippen MR) is 49.4 cm³/mol. The van der Waals surface area contributed by atoms with Crippen molar-refractivity contribution in [2.45, 2.75) is 19.9 Å². The smallest absolute Gasteiger partial charge is 0.223 e. The van der Waals surface area contributed by atoms with Gasteiger partial charge in [0.2, 0.25) is 6.20 Å². The maximum absolute atomic E-state index is 10.8. The molecule has 0 bridgehead atoms. The van der Waals surface area contributed by atoms with Crippen molar-refractivity contribution in [2.75, 3.05) is 0 Å². The van der Waals surface area contributed by atoms with Gasteiger partial charge in [-0.05, 0) is 13.8 Å². The van der Waals surface area contributed by atoms with Gasteiger partial charge < -0.3 is 14.2 Å². The van der Waals surface area contributed by atoms with E-state index in [-0.39, 0.29) is 11.9 Å². The Morgan fingerprint density at radius 1 is 1.69 bits per heavy atom. The number of halogens is 2. The molecule has 0 unspecified atom stereocenters. The monoisotopic (exact) mass is 243 g/mol. The molecule has 1 aromatic rings. The standard InChI is InChI=1S/C5H8Cl2N3O2P/c1-4(2)10-3-5(12-9-10)8-13(6,7)11/h3-4H,1-2H3. The fourth-order valence-electron chi connectivity index (χ4n) is 0.651. The Morgan fingerprint density at radius 2 is 2.31 bits per heavy atom. The summed E-state index contributed by atoms with van der Waals surface area (Å²) in [7, 11) is 0. The van der Waals surface area contributed by atoms with E-state index in [1.54, 1.807) is 0 Å². The molecule has 8 heteroatoms. The zero-order chi connectivity index (χ0) is 10.1. The van der Waals surface area contributed by atoms with E-state index in [2.05, 4.69) is 10.4 Å². The van der Waals surface area contributed by atoms with Gasteiger partial charge in [0.1, 0.15) is 5.88 Å². The Hall–Kier alpha value is -0.250. The van der Waals surface area contributed by atoms with Crippen LogP contribution in [0.5, 0.6) is 0 Å². The van der Waals surface area contributed by atoms with Crippen molar-refractivity contribution >= 4 is 34.4 Å². The third kappa shape index (κ3) is 3.55. The largest absolute Gasteiger partial charge is 0.565 e. The topological polar surface area (TPSA) is 61.1 Å². The summed E-state index contributed by atoms with van der Waals surface area (Å²) in [6.07, 6.45) is 1.47. The first-order valence-corrected chi connectivity index (χ1v) is 6.96. The third-order valence-electron chi connectivity index (χ3n) is 1.22. The van der Waals surface area contributed by atoms with E-state index in [1.807, 2.05) is 13.8 Å². The zero-order valence-electron chi connectivity index (χ0n) is 7.02. The first kappa shape index (κ1) is 10.8. The van der Waals surface area contributed by atoms with Gasteiger partial charge in [-0.15, -0.1) is 0 Å². The van der Waals surface area contributed by atoms with E-state index in [0.29, 0.717) is 0 Å². The highest BCUT2D eigenvalue weighted by molar-refractivity contribution is 8.10. The number of aromatic nitrogens is 2. The van der Waals surface area contributed by atoms with Crippen LogP contribution in [0.2, 0.25) is 0 Å². The van der Waals surface area contributed by atoms with E-state index in [0.717, 1.165) is 0 Å². The molecule has 0 saturated heterocycles. The average molecular weight is 244 g/mol. The molecule has 0 radical (unpaired) electrons. The Bertz CT molecular complexity index is 334. The minimum atomic E-state index is -3.48. The van der Waals surface area contributed by atoms with E-state index in [4.69, 9.17) is 27.0 Å². The van der Waals surface area contributed by atoms with Crippen molar-refractivity contribution in [3.05, 3.63) is 11.3 Å². The minimum Gasteiger partial charge on any atom is -0.565 e. The summed E-state index contributed by atoms with van der Waals surface area (Å²) in [6, 6.07) is 0.137. The van der Waals surface area contributed by atoms with Crippen LogP contribution in [0, 0.1) is 0 Å². The van der Waals surface area contributed by atoms with Crippen molar-refractivity contribution in [2.24, 2.45) is 0 Å². The van der Waals surface area contributed by atoms with Crippen molar-refractivity contribution in [3.63, 3.8) is 0 Å². The number of hydrogen-bond donors (Lipinski definition) is 0. The van der Waals surface area contributed by atoms with E-state index in [1.165, 1.54) is 10.9 Å². The molecule has 1 aromatic heterocycles. The summed E-state index contributed by atoms with van der Waals surface area (Å²) in [4.78, 5) is 0. The summed E-state index contributed by atoms with van der Waals surface area (Å²) in [6.45, 7) is 3.82. The molecule has 0 saturated carbocycles. The Balaban J connectivity index is 2.75. The SMILES string of the molecule is CC(C)[n+]1cc([N-]P(=O)(Cl)Cl)on1. The van der Waals surface area contributed by atoms with Gasteiger partial charge in [-0.25, -0.2) is 0 Å². The maximum atomic E-state index is 10.8. The highest BCUT2D eigenvalue weighted by atomic mass is 35.9. The summed E-state index contributed by atoms with van der Waals surface area (Å²) < 4.78 is 17.1. The summed E-state index contributed by atoms with van der Waals surface area (Å²) in [5, 5.41) is 7.04. The quantitative estimate of drug-likeness (QED) is 0.606. The highest BCUT2D eigenvalue weighted by Crippen LogP contribution is 2.65. The molecule has 1 rings (SSSR count). The van der Waals surface area contributed by atoms with Crippen LogP contribution in [-0.2, 0) is 4.57 Å². The minimum absolute atomic E-state index is 0.0574. The third-order valence-corrected chi connectivity index (χ3v) is 2.10. The number of nitrogens with zero attached hydrogens (tertiary/aromatic N) is 3. The molecule has 0 aliphatic carbocycles. The van der Waals surface area contributed by atoms with Crippen LogP contribution in [0.1, 0.15) is 19.9 Å². The molecule has 0 aliphatic heterocycles. The van der Waals surface area contributed by atoms with Crippen LogP contribution in [0.4, 0.5) is 5.88 Å². The van der Waals surface area contributed by atoms with Crippen LogP contribution >= 0.6 is 28.5 Å². The van der Waals surface area contributed by atoms with Crippen LogP contribution < -0.4 is 4.68 Å². The molecular weight excluding hydrogens is 236 g/mol. The molecule has 0 spiro atoms. The lowest BCUT2D eigenvalue weighted by molar-refractivity contribution is -0.779. The summed E-state index contributed by atoms with van der Waals surface area (Å²) >= 11 is 10.4. The number of hydrogen-bond acceptors (Lipinski definition) is 3. The van der Waals surface area contributed by atoms with E-state index >= 15 is 0 Å². The number of rotatable bonds is 3. The molecule has 1 heterocycles. The molecule has 13 heavy (non-hydrogen) atoms. The summed E-state index contributed by atoms with van der Waals surface area (Å²) in [5.41, 5.74) is 0. The van der Waals surface area contributed by atoms with Crippen molar-refractivity contribution in [3.8, 4) is 0 Å². The van der Waals surface area contributed by atoms with Crippen LogP contribution in [0.15, 0.2) is 10.7 Å². The van der Waals surface area contributed by atoms with Crippen molar-refractivity contribution in [1.82, 2.24) is 5.27 Å². The normalized spacial score (nSPS) is 12.1. The van der Waals surface area contributed by atoms with Crippen LogP contribution in [0.25, 0.3) is 5.09 Å². The van der Waals surface area contributed by atoms with Gasteiger partial charge in [0.15, 0.2) is 17.3 Å². The maximum Gasteiger partial charge on any atom is 0.223 e. The van der Waals surface area contributed by atoms with E-state index < -0.39 is 6.00 Å². The van der Waals surface area contributed by atoms with E-state index in [9.17, 15) is 4.57 Å². The Morgan fingerprint density at radius 3 is 2.69 bits per heavy atom. The Kier molecular flexibility index (Phi) is 3.22. The van der Waals surface area contributed by atoms with Gasteiger partial charge in [-0.1, -0.05) is 27.2 Å². The molecule has 5 nitrogen and oxygen atoms in total. The predicted octanol–water partition coefficient (Wildman–Crippen LogP) is 3.13. The van der Waals surface area contributed by atoms with Crippen LogP contribution in [0.3, 0.4) is 0 Å². The molecule has 74 valence electrons. The first-order chi connectivity index (χ1) is 5.88. The average Bonchev–Trinajstić information content (AvgIpc) is 2.31. The Labute approximate surface area is 85.0 Å². The zero-order valence-corrected chi connectivity index (χ0v) is 9.42. The van der Waals surface area contributed by atoms with Crippen molar-refractivity contribution < 1.29 is 13.8 Å². The second kappa shape index (κ2) is 3.86. The molecule has 0 atom stereocenters. The van der Waals surface area contributed by atoms with Gasteiger partial charge >= 0.3 is 0 Å². The molecule has 0 aromatic carbocycles. The second-order valence-corrected chi connectivity index (χ2v) is 6.99. The highest BCUT2D eigenvalue weighted by Gasteiger charge is 2.12. The molecule has 0 N–H and O–H groups in total. The van der Waals surface area contributed by atoms with Crippen LogP contribution in [-0.4, -0.2) is 5.27 Å². The van der Waals surface area contributed by atoms with Gasteiger partial charge in [0, 0.05) is 0 Å². The lowest BCUT2D eigenvalue weighted by atomic mass is 10.4.